The third-order valence-corrected chi connectivity index (χ3v) is 4.65. The molecule has 2 atom stereocenters. The van der Waals surface area contributed by atoms with Crippen molar-refractivity contribution in [1.29, 1.82) is 0 Å². The number of nitro benzene ring substituents is 1. The van der Waals surface area contributed by atoms with E-state index in [2.05, 4.69) is 12.2 Å². The average molecular weight is 290 g/mol. The number of benzene rings is 1. The normalized spacial score (nSPS) is 22.6. The largest absolute Gasteiger partial charge is 0.382 e. The summed E-state index contributed by atoms with van der Waals surface area (Å²) in [7, 11) is 0. The summed E-state index contributed by atoms with van der Waals surface area (Å²) < 4.78 is 0. The van der Waals surface area contributed by atoms with Gasteiger partial charge in [0.2, 0.25) is 0 Å². The number of nitrogens with one attached hydrogen (secondary N) is 1. The number of anilines is 1. The molecule has 2 rings (SSSR count). The average Bonchev–Trinajstić information content (AvgIpc) is 2.67. The lowest BCUT2D eigenvalue weighted by atomic mass is 9.95. The van der Waals surface area contributed by atoms with Crippen molar-refractivity contribution < 1.29 is 4.92 Å². The Labute approximate surface area is 127 Å². The van der Waals surface area contributed by atoms with E-state index in [4.69, 9.17) is 0 Å². The molecule has 2 unspecified atom stereocenters. The number of hydrogen-bond donors (Lipinski definition) is 1. The quantitative estimate of drug-likeness (QED) is 0.468. The van der Waals surface area contributed by atoms with Crippen LogP contribution in [0.2, 0.25) is 0 Å². The fraction of sp³-hybridized carbons (Fsp3) is 0.647. The Kier molecular flexibility index (Phi) is 5.59. The van der Waals surface area contributed by atoms with Crippen molar-refractivity contribution in [3.8, 4) is 0 Å². The highest BCUT2D eigenvalue weighted by Gasteiger charge is 2.20. The molecular formula is C17H26N2O2. The molecule has 4 nitrogen and oxygen atoms in total. The number of rotatable bonds is 5. The zero-order chi connectivity index (χ0) is 15.2. The third-order valence-electron chi connectivity index (χ3n) is 4.65. The second-order valence-corrected chi connectivity index (χ2v) is 6.21. The van der Waals surface area contributed by atoms with Gasteiger partial charge in [0, 0.05) is 23.4 Å². The van der Waals surface area contributed by atoms with Crippen molar-refractivity contribution in [1.82, 2.24) is 0 Å². The van der Waals surface area contributed by atoms with Gasteiger partial charge < -0.3 is 5.32 Å². The van der Waals surface area contributed by atoms with Crippen molar-refractivity contribution in [2.45, 2.75) is 64.8 Å². The summed E-state index contributed by atoms with van der Waals surface area (Å²) in [4.78, 5) is 10.7. The van der Waals surface area contributed by atoms with Crippen LogP contribution in [0.3, 0.4) is 0 Å². The van der Waals surface area contributed by atoms with Gasteiger partial charge in [0.1, 0.15) is 0 Å². The SMILES string of the molecule is CCCC1CCCC(Nc2cccc([N+](=O)[O-])c2C)CC1. The summed E-state index contributed by atoms with van der Waals surface area (Å²) in [5.74, 6) is 0.869. The first-order valence-electron chi connectivity index (χ1n) is 8.12. The molecule has 1 aliphatic carbocycles. The fourth-order valence-corrected chi connectivity index (χ4v) is 3.42. The summed E-state index contributed by atoms with van der Waals surface area (Å²) in [6, 6.07) is 5.75. The Morgan fingerprint density at radius 2 is 2.10 bits per heavy atom. The van der Waals surface area contributed by atoms with Crippen molar-refractivity contribution in [2.75, 3.05) is 5.32 Å². The van der Waals surface area contributed by atoms with Crippen LogP contribution in [0.5, 0.6) is 0 Å². The molecule has 0 amide bonds. The summed E-state index contributed by atoms with van der Waals surface area (Å²) in [5, 5.41) is 14.6. The highest BCUT2D eigenvalue weighted by molar-refractivity contribution is 5.60. The molecule has 0 radical (unpaired) electrons. The Hall–Kier alpha value is -1.58. The lowest BCUT2D eigenvalue weighted by Crippen LogP contribution is -2.19. The maximum Gasteiger partial charge on any atom is 0.274 e. The Morgan fingerprint density at radius 3 is 2.81 bits per heavy atom. The molecule has 0 aliphatic heterocycles. The number of hydrogen-bond acceptors (Lipinski definition) is 3. The molecule has 1 aromatic rings. The molecule has 21 heavy (non-hydrogen) atoms. The van der Waals surface area contributed by atoms with Crippen LogP contribution < -0.4 is 5.32 Å². The Balaban J connectivity index is 2.02. The monoisotopic (exact) mass is 290 g/mol. The number of nitro groups is 1. The molecule has 0 aromatic heterocycles. The van der Waals surface area contributed by atoms with Gasteiger partial charge in [0.15, 0.2) is 0 Å². The molecule has 1 N–H and O–H groups in total. The van der Waals surface area contributed by atoms with Crippen LogP contribution >= 0.6 is 0 Å². The minimum Gasteiger partial charge on any atom is -0.382 e. The third kappa shape index (κ3) is 4.19. The van der Waals surface area contributed by atoms with Crippen LogP contribution in [-0.4, -0.2) is 11.0 Å². The minimum absolute atomic E-state index is 0.206. The molecule has 0 bridgehead atoms. The van der Waals surface area contributed by atoms with Gasteiger partial charge in [-0.25, -0.2) is 0 Å². The molecule has 0 saturated heterocycles. The molecule has 0 spiro atoms. The zero-order valence-electron chi connectivity index (χ0n) is 13.1. The maximum absolute atomic E-state index is 11.0. The van der Waals surface area contributed by atoms with E-state index < -0.39 is 0 Å². The first kappa shape index (κ1) is 15.8. The summed E-state index contributed by atoms with van der Waals surface area (Å²) in [6.07, 6.45) is 8.82. The molecule has 1 saturated carbocycles. The van der Waals surface area contributed by atoms with E-state index in [1.807, 2.05) is 13.0 Å². The molecule has 4 heteroatoms. The van der Waals surface area contributed by atoms with Crippen LogP contribution in [-0.2, 0) is 0 Å². The van der Waals surface area contributed by atoms with E-state index in [1.165, 1.54) is 44.9 Å². The second kappa shape index (κ2) is 7.43. The van der Waals surface area contributed by atoms with Crippen LogP contribution in [0.1, 0.15) is 57.4 Å². The van der Waals surface area contributed by atoms with E-state index in [9.17, 15) is 10.1 Å². The molecule has 1 aliphatic rings. The smallest absolute Gasteiger partial charge is 0.274 e. The van der Waals surface area contributed by atoms with Crippen LogP contribution in [0, 0.1) is 23.0 Å². The van der Waals surface area contributed by atoms with Crippen molar-refractivity contribution in [2.24, 2.45) is 5.92 Å². The first-order valence-corrected chi connectivity index (χ1v) is 8.12. The lowest BCUT2D eigenvalue weighted by Gasteiger charge is -2.19. The van der Waals surface area contributed by atoms with E-state index in [1.54, 1.807) is 12.1 Å². The van der Waals surface area contributed by atoms with Gasteiger partial charge in [-0.2, -0.15) is 0 Å². The summed E-state index contributed by atoms with van der Waals surface area (Å²) in [5.41, 5.74) is 1.87. The maximum atomic E-state index is 11.0. The predicted molar refractivity (Wildman–Crippen MR) is 86.7 cm³/mol. The predicted octanol–water partition coefficient (Wildman–Crippen LogP) is 5.06. The zero-order valence-corrected chi connectivity index (χ0v) is 13.1. The van der Waals surface area contributed by atoms with Crippen LogP contribution in [0.15, 0.2) is 18.2 Å². The van der Waals surface area contributed by atoms with Crippen LogP contribution in [0.25, 0.3) is 0 Å². The Morgan fingerprint density at radius 1 is 1.29 bits per heavy atom. The summed E-state index contributed by atoms with van der Waals surface area (Å²) in [6.45, 7) is 4.09. The molecule has 1 fully saturated rings. The summed E-state index contributed by atoms with van der Waals surface area (Å²) >= 11 is 0. The van der Waals surface area contributed by atoms with E-state index >= 15 is 0 Å². The highest BCUT2D eigenvalue weighted by atomic mass is 16.6. The molecule has 116 valence electrons. The number of nitrogens with zero attached hydrogens (tertiary/aromatic N) is 1. The Bertz CT molecular complexity index is 488. The second-order valence-electron chi connectivity index (χ2n) is 6.21. The lowest BCUT2D eigenvalue weighted by molar-refractivity contribution is -0.385. The molecular weight excluding hydrogens is 264 g/mol. The molecule has 0 heterocycles. The first-order chi connectivity index (χ1) is 10.1. The van der Waals surface area contributed by atoms with Gasteiger partial charge in [-0.15, -0.1) is 0 Å². The van der Waals surface area contributed by atoms with E-state index in [0.29, 0.717) is 6.04 Å². The fourth-order valence-electron chi connectivity index (χ4n) is 3.42. The van der Waals surface area contributed by atoms with Gasteiger partial charge in [0.05, 0.1) is 4.92 Å². The molecule has 1 aromatic carbocycles. The van der Waals surface area contributed by atoms with E-state index in [-0.39, 0.29) is 10.6 Å². The van der Waals surface area contributed by atoms with E-state index in [0.717, 1.165) is 17.2 Å². The standard InChI is InChI=1S/C17H26N2O2/c1-3-6-14-7-4-8-15(12-11-14)18-16-9-5-10-17(13(16)2)19(20)21/h5,9-10,14-15,18H,3-4,6-8,11-12H2,1-2H3. The van der Waals surface area contributed by atoms with Gasteiger partial charge in [-0.1, -0.05) is 38.7 Å². The van der Waals surface area contributed by atoms with Gasteiger partial charge >= 0.3 is 0 Å². The highest BCUT2D eigenvalue weighted by Crippen LogP contribution is 2.31. The van der Waals surface area contributed by atoms with Crippen molar-refractivity contribution in [3.05, 3.63) is 33.9 Å². The minimum atomic E-state index is -0.301. The van der Waals surface area contributed by atoms with Gasteiger partial charge in [-0.05, 0) is 38.2 Å². The topological polar surface area (TPSA) is 55.2 Å². The van der Waals surface area contributed by atoms with Crippen molar-refractivity contribution in [3.63, 3.8) is 0 Å². The van der Waals surface area contributed by atoms with Gasteiger partial charge in [0.25, 0.3) is 5.69 Å². The van der Waals surface area contributed by atoms with Crippen LogP contribution in [0.4, 0.5) is 11.4 Å². The van der Waals surface area contributed by atoms with Gasteiger partial charge in [-0.3, -0.25) is 10.1 Å². The van der Waals surface area contributed by atoms with Crippen molar-refractivity contribution >= 4 is 11.4 Å².